The lowest BCUT2D eigenvalue weighted by atomic mass is 9.64. The fraction of sp³-hybridized carbons (Fsp3) is 0.261. The van der Waals surface area contributed by atoms with E-state index in [4.69, 9.17) is 27.9 Å². The minimum Gasteiger partial charge on any atom is -0.373 e. The standard InChI is InChI=1S/C23H20Cl2FNO/c1-23(12-18(13-23)28-14-15-5-3-2-4-6-15)17-10-21(27-22(25)11-17)16-7-8-20(26)19(24)9-16/h2-11,18H,12-14H2,1H3. The summed E-state index contributed by atoms with van der Waals surface area (Å²) in [6.07, 6.45) is 2.06. The van der Waals surface area contributed by atoms with Crippen molar-refractivity contribution in [2.45, 2.75) is 37.9 Å². The first kappa shape index (κ1) is 19.4. The molecular weight excluding hydrogens is 396 g/mol. The molecule has 0 radical (unpaired) electrons. The normalized spacial score (nSPS) is 21.4. The van der Waals surface area contributed by atoms with Gasteiger partial charge in [0.05, 0.1) is 23.4 Å². The van der Waals surface area contributed by atoms with E-state index < -0.39 is 5.82 Å². The van der Waals surface area contributed by atoms with Gasteiger partial charge < -0.3 is 4.74 Å². The maximum absolute atomic E-state index is 13.5. The molecule has 1 aromatic heterocycles. The number of halogens is 3. The van der Waals surface area contributed by atoms with Crippen LogP contribution < -0.4 is 0 Å². The molecular formula is C23H20Cl2FNO. The Kier molecular flexibility index (Phi) is 5.42. The highest BCUT2D eigenvalue weighted by molar-refractivity contribution is 6.31. The molecule has 0 saturated heterocycles. The van der Waals surface area contributed by atoms with E-state index in [2.05, 4.69) is 24.0 Å². The van der Waals surface area contributed by atoms with Crippen LogP contribution in [-0.2, 0) is 16.8 Å². The maximum atomic E-state index is 13.5. The monoisotopic (exact) mass is 415 g/mol. The summed E-state index contributed by atoms with van der Waals surface area (Å²) < 4.78 is 19.5. The van der Waals surface area contributed by atoms with Gasteiger partial charge in [-0.3, -0.25) is 0 Å². The summed E-state index contributed by atoms with van der Waals surface area (Å²) in [5, 5.41) is 0.493. The van der Waals surface area contributed by atoms with Crippen LogP contribution >= 0.6 is 23.2 Å². The predicted octanol–water partition coefficient (Wildman–Crippen LogP) is 6.83. The minimum atomic E-state index is -0.447. The first-order valence-corrected chi connectivity index (χ1v) is 9.98. The van der Waals surface area contributed by atoms with Crippen LogP contribution in [0.2, 0.25) is 10.2 Å². The Bertz CT molecular complexity index is 987. The number of benzene rings is 2. The molecule has 2 nitrogen and oxygen atoms in total. The fourth-order valence-corrected chi connectivity index (χ4v) is 4.12. The third-order valence-electron chi connectivity index (χ3n) is 5.39. The second-order valence-electron chi connectivity index (χ2n) is 7.58. The first-order valence-electron chi connectivity index (χ1n) is 9.22. The van der Waals surface area contributed by atoms with Gasteiger partial charge in [-0.1, -0.05) is 60.5 Å². The molecule has 0 atom stereocenters. The van der Waals surface area contributed by atoms with Gasteiger partial charge in [0.1, 0.15) is 11.0 Å². The molecule has 2 aromatic carbocycles. The van der Waals surface area contributed by atoms with Gasteiger partial charge in [-0.05, 0) is 59.7 Å². The van der Waals surface area contributed by atoms with E-state index in [0.29, 0.717) is 17.5 Å². The second kappa shape index (κ2) is 7.82. The van der Waals surface area contributed by atoms with Crippen molar-refractivity contribution >= 4 is 23.2 Å². The van der Waals surface area contributed by atoms with Crippen LogP contribution in [0.3, 0.4) is 0 Å². The summed E-state index contributed by atoms with van der Waals surface area (Å²) in [5.74, 6) is -0.447. The van der Waals surface area contributed by atoms with Gasteiger partial charge >= 0.3 is 0 Å². The van der Waals surface area contributed by atoms with Crippen LogP contribution in [0.5, 0.6) is 0 Å². The average Bonchev–Trinajstić information content (AvgIpc) is 2.67. The summed E-state index contributed by atoms with van der Waals surface area (Å²) in [6.45, 7) is 2.83. The topological polar surface area (TPSA) is 22.1 Å². The van der Waals surface area contributed by atoms with Gasteiger partial charge in [0.25, 0.3) is 0 Å². The van der Waals surface area contributed by atoms with Crippen molar-refractivity contribution in [2.75, 3.05) is 0 Å². The molecule has 1 heterocycles. The molecule has 0 aliphatic heterocycles. The highest BCUT2D eigenvalue weighted by Crippen LogP contribution is 2.46. The number of rotatable bonds is 5. The number of hydrogen-bond donors (Lipinski definition) is 0. The average molecular weight is 416 g/mol. The fourth-order valence-electron chi connectivity index (χ4n) is 3.74. The zero-order valence-corrected chi connectivity index (χ0v) is 17.0. The minimum absolute atomic E-state index is 0.0213. The molecule has 1 aliphatic carbocycles. The summed E-state index contributed by atoms with van der Waals surface area (Å²) in [6, 6.07) is 18.7. The largest absolute Gasteiger partial charge is 0.373 e. The van der Waals surface area contributed by atoms with Gasteiger partial charge in [0.2, 0.25) is 0 Å². The van der Waals surface area contributed by atoms with E-state index >= 15 is 0 Å². The smallest absolute Gasteiger partial charge is 0.141 e. The van der Waals surface area contributed by atoms with Crippen molar-refractivity contribution in [1.82, 2.24) is 4.98 Å². The molecule has 0 N–H and O–H groups in total. The molecule has 0 amide bonds. The number of nitrogens with zero attached hydrogens (tertiary/aromatic N) is 1. The number of ether oxygens (including phenoxy) is 1. The van der Waals surface area contributed by atoms with Crippen molar-refractivity contribution in [3.63, 3.8) is 0 Å². The van der Waals surface area contributed by atoms with E-state index in [0.717, 1.165) is 24.0 Å². The van der Waals surface area contributed by atoms with E-state index in [1.54, 1.807) is 12.1 Å². The number of hydrogen-bond acceptors (Lipinski definition) is 2. The summed E-state index contributed by atoms with van der Waals surface area (Å²) in [5.41, 5.74) is 3.71. The molecule has 28 heavy (non-hydrogen) atoms. The molecule has 0 bridgehead atoms. The maximum Gasteiger partial charge on any atom is 0.141 e. The summed E-state index contributed by atoms with van der Waals surface area (Å²) >= 11 is 12.2. The molecule has 0 unspecified atom stereocenters. The van der Waals surface area contributed by atoms with Crippen molar-refractivity contribution in [2.24, 2.45) is 0 Å². The Morgan fingerprint density at radius 3 is 2.54 bits per heavy atom. The summed E-state index contributed by atoms with van der Waals surface area (Å²) in [4.78, 5) is 4.39. The lowest BCUT2D eigenvalue weighted by Gasteiger charge is -2.45. The van der Waals surface area contributed by atoms with Gasteiger partial charge in [-0.2, -0.15) is 0 Å². The van der Waals surface area contributed by atoms with Crippen molar-refractivity contribution in [1.29, 1.82) is 0 Å². The third kappa shape index (κ3) is 4.07. The molecule has 144 valence electrons. The van der Waals surface area contributed by atoms with E-state index in [9.17, 15) is 4.39 Å². The van der Waals surface area contributed by atoms with Gasteiger partial charge in [0, 0.05) is 5.56 Å². The highest BCUT2D eigenvalue weighted by Gasteiger charge is 2.42. The Hall–Kier alpha value is -1.94. The Balaban J connectivity index is 1.48. The molecule has 5 heteroatoms. The van der Waals surface area contributed by atoms with E-state index in [1.807, 2.05) is 30.3 Å². The molecule has 0 spiro atoms. The number of aromatic nitrogens is 1. The predicted molar refractivity (Wildman–Crippen MR) is 111 cm³/mol. The summed E-state index contributed by atoms with van der Waals surface area (Å²) in [7, 11) is 0. The molecule has 4 rings (SSSR count). The van der Waals surface area contributed by atoms with Crippen molar-refractivity contribution in [3.05, 3.63) is 87.8 Å². The quantitative estimate of drug-likeness (QED) is 0.425. The third-order valence-corrected chi connectivity index (χ3v) is 5.87. The van der Waals surface area contributed by atoms with Crippen LogP contribution in [0, 0.1) is 5.82 Å². The van der Waals surface area contributed by atoms with Crippen LogP contribution in [0.1, 0.15) is 30.9 Å². The van der Waals surface area contributed by atoms with Crippen LogP contribution in [0.4, 0.5) is 4.39 Å². The van der Waals surface area contributed by atoms with Crippen molar-refractivity contribution < 1.29 is 9.13 Å². The molecule has 3 aromatic rings. The highest BCUT2D eigenvalue weighted by atomic mass is 35.5. The molecule has 1 fully saturated rings. The Labute approximate surface area is 174 Å². The zero-order chi connectivity index (χ0) is 19.7. The Morgan fingerprint density at radius 2 is 1.82 bits per heavy atom. The zero-order valence-electron chi connectivity index (χ0n) is 15.5. The van der Waals surface area contributed by atoms with Crippen LogP contribution in [0.25, 0.3) is 11.3 Å². The van der Waals surface area contributed by atoms with E-state index in [1.165, 1.54) is 11.6 Å². The second-order valence-corrected chi connectivity index (χ2v) is 8.37. The van der Waals surface area contributed by atoms with Crippen LogP contribution in [-0.4, -0.2) is 11.1 Å². The van der Waals surface area contributed by atoms with Gasteiger partial charge in [-0.15, -0.1) is 0 Å². The first-order chi connectivity index (χ1) is 13.4. The van der Waals surface area contributed by atoms with Crippen molar-refractivity contribution in [3.8, 4) is 11.3 Å². The van der Waals surface area contributed by atoms with Gasteiger partial charge in [0.15, 0.2) is 0 Å². The van der Waals surface area contributed by atoms with Gasteiger partial charge in [-0.25, -0.2) is 9.37 Å². The van der Waals surface area contributed by atoms with Crippen LogP contribution in [0.15, 0.2) is 60.7 Å². The molecule has 1 saturated carbocycles. The molecule has 1 aliphatic rings. The van der Waals surface area contributed by atoms with E-state index in [-0.39, 0.29) is 16.5 Å². The SMILES string of the molecule is CC1(c2cc(Cl)nc(-c3ccc(F)c(Cl)c3)c2)CC(OCc2ccccc2)C1. The Morgan fingerprint density at radius 1 is 1.07 bits per heavy atom. The lowest BCUT2D eigenvalue weighted by Crippen LogP contribution is -2.43. The number of pyridine rings is 1. The lowest BCUT2D eigenvalue weighted by molar-refractivity contribution is -0.0498.